The van der Waals surface area contributed by atoms with Gasteiger partial charge in [-0.2, -0.15) is 0 Å². The maximum absolute atomic E-state index is 12.5. The van der Waals surface area contributed by atoms with Crippen molar-refractivity contribution < 1.29 is 14.3 Å². The fourth-order valence-corrected chi connectivity index (χ4v) is 3.34. The second kappa shape index (κ2) is 6.59. The van der Waals surface area contributed by atoms with Crippen LogP contribution in [0.15, 0.2) is 52.9 Å². The van der Waals surface area contributed by atoms with E-state index in [0.717, 1.165) is 48.5 Å². The molecule has 25 heavy (non-hydrogen) atoms. The number of likely N-dealkylation sites (tertiary alicyclic amines) is 1. The molecule has 0 atom stereocenters. The van der Waals surface area contributed by atoms with E-state index in [1.54, 1.807) is 24.3 Å². The predicted molar refractivity (Wildman–Crippen MR) is 94.4 cm³/mol. The molecule has 3 aromatic rings. The molecular formula is C20H20N2O3. The summed E-state index contributed by atoms with van der Waals surface area (Å²) < 4.78 is 5.87. The second-order valence-corrected chi connectivity index (χ2v) is 6.52. The maximum atomic E-state index is 12.5. The third-order valence-electron chi connectivity index (χ3n) is 4.80. The van der Waals surface area contributed by atoms with Gasteiger partial charge in [-0.15, -0.1) is 0 Å². The fourth-order valence-electron chi connectivity index (χ4n) is 3.34. The Balaban J connectivity index is 1.37. The lowest BCUT2D eigenvalue weighted by Crippen LogP contribution is -2.38. The normalized spacial score (nSPS) is 15.6. The Morgan fingerprint density at radius 1 is 1.12 bits per heavy atom. The van der Waals surface area contributed by atoms with Crippen LogP contribution in [0.3, 0.4) is 0 Å². The number of hydrogen-bond acceptors (Lipinski definition) is 4. The van der Waals surface area contributed by atoms with E-state index >= 15 is 0 Å². The van der Waals surface area contributed by atoms with Crippen molar-refractivity contribution in [3.05, 3.63) is 60.0 Å². The molecule has 1 aliphatic rings. The highest BCUT2D eigenvalue weighted by molar-refractivity contribution is 5.79. The van der Waals surface area contributed by atoms with Crippen molar-refractivity contribution >= 4 is 17.0 Å². The minimum atomic E-state index is 0.127. The molecule has 2 aromatic carbocycles. The molecule has 0 saturated carbocycles. The van der Waals surface area contributed by atoms with Gasteiger partial charge in [0.05, 0.1) is 6.42 Å². The summed E-state index contributed by atoms with van der Waals surface area (Å²) in [5, 5.41) is 9.32. The molecule has 1 aromatic heterocycles. The number of oxazole rings is 1. The zero-order valence-electron chi connectivity index (χ0n) is 13.9. The molecule has 1 fully saturated rings. The van der Waals surface area contributed by atoms with E-state index in [1.807, 2.05) is 29.2 Å². The summed E-state index contributed by atoms with van der Waals surface area (Å²) in [7, 11) is 0. The number of aromatic nitrogens is 1. The van der Waals surface area contributed by atoms with Gasteiger partial charge in [0, 0.05) is 19.0 Å². The van der Waals surface area contributed by atoms with Crippen LogP contribution in [0, 0.1) is 0 Å². The Bertz CT molecular complexity index is 844. The number of amides is 1. The Hall–Kier alpha value is -2.82. The highest BCUT2D eigenvalue weighted by atomic mass is 16.3. The largest absolute Gasteiger partial charge is 0.508 e. The van der Waals surface area contributed by atoms with E-state index < -0.39 is 0 Å². The SMILES string of the molecule is O=C(Cc1ccc(O)cc1)N1CCC(c2nc3ccccc3o2)CC1. The molecular weight excluding hydrogens is 316 g/mol. The van der Waals surface area contributed by atoms with E-state index in [2.05, 4.69) is 4.98 Å². The van der Waals surface area contributed by atoms with Gasteiger partial charge in [-0.25, -0.2) is 4.98 Å². The number of rotatable bonds is 3. The van der Waals surface area contributed by atoms with Crippen LogP contribution in [0.4, 0.5) is 0 Å². The minimum absolute atomic E-state index is 0.127. The van der Waals surface area contributed by atoms with Crippen LogP contribution in [0.2, 0.25) is 0 Å². The molecule has 5 nitrogen and oxygen atoms in total. The van der Waals surface area contributed by atoms with E-state index in [1.165, 1.54) is 0 Å². The minimum Gasteiger partial charge on any atom is -0.508 e. The van der Waals surface area contributed by atoms with Crippen molar-refractivity contribution in [3.8, 4) is 5.75 Å². The first-order chi connectivity index (χ1) is 12.2. The van der Waals surface area contributed by atoms with E-state index in [0.29, 0.717) is 6.42 Å². The average Bonchev–Trinajstić information content (AvgIpc) is 3.08. The van der Waals surface area contributed by atoms with Gasteiger partial charge in [-0.1, -0.05) is 24.3 Å². The van der Waals surface area contributed by atoms with Gasteiger partial charge in [0.1, 0.15) is 11.3 Å². The van der Waals surface area contributed by atoms with Gasteiger partial charge in [0.25, 0.3) is 0 Å². The van der Waals surface area contributed by atoms with Crippen molar-refractivity contribution in [1.82, 2.24) is 9.88 Å². The monoisotopic (exact) mass is 336 g/mol. The highest BCUT2D eigenvalue weighted by Crippen LogP contribution is 2.30. The lowest BCUT2D eigenvalue weighted by molar-refractivity contribution is -0.131. The molecule has 0 bridgehead atoms. The average molecular weight is 336 g/mol. The Labute approximate surface area is 145 Å². The van der Waals surface area contributed by atoms with Crippen LogP contribution in [0.1, 0.15) is 30.2 Å². The lowest BCUT2D eigenvalue weighted by atomic mass is 9.96. The first kappa shape index (κ1) is 15.7. The molecule has 128 valence electrons. The van der Waals surface area contributed by atoms with E-state index in [9.17, 15) is 9.90 Å². The summed E-state index contributed by atoms with van der Waals surface area (Å²) in [6.07, 6.45) is 2.11. The van der Waals surface area contributed by atoms with Gasteiger partial charge in [-0.05, 0) is 42.7 Å². The molecule has 1 N–H and O–H groups in total. The molecule has 0 aliphatic carbocycles. The van der Waals surface area contributed by atoms with Gasteiger partial charge >= 0.3 is 0 Å². The summed E-state index contributed by atoms with van der Waals surface area (Å²) >= 11 is 0. The van der Waals surface area contributed by atoms with Gasteiger partial charge in [-0.3, -0.25) is 4.79 Å². The Kier molecular flexibility index (Phi) is 4.14. The van der Waals surface area contributed by atoms with Crippen LogP contribution in [-0.2, 0) is 11.2 Å². The van der Waals surface area contributed by atoms with Crippen molar-refractivity contribution in [3.63, 3.8) is 0 Å². The zero-order valence-corrected chi connectivity index (χ0v) is 13.9. The topological polar surface area (TPSA) is 66.6 Å². The van der Waals surface area contributed by atoms with Gasteiger partial charge in [0.2, 0.25) is 5.91 Å². The highest BCUT2D eigenvalue weighted by Gasteiger charge is 2.27. The first-order valence-electron chi connectivity index (χ1n) is 8.60. The summed E-state index contributed by atoms with van der Waals surface area (Å²) in [6, 6.07) is 14.6. The number of aromatic hydroxyl groups is 1. The number of benzene rings is 2. The zero-order chi connectivity index (χ0) is 17.2. The summed E-state index contributed by atoms with van der Waals surface area (Å²) in [4.78, 5) is 19.0. The first-order valence-corrected chi connectivity index (χ1v) is 8.60. The number of carbonyl (C=O) groups excluding carboxylic acids is 1. The predicted octanol–water partition coefficient (Wildman–Crippen LogP) is 3.48. The molecule has 0 radical (unpaired) electrons. The molecule has 5 heteroatoms. The number of carbonyl (C=O) groups is 1. The number of fused-ring (bicyclic) bond motifs is 1. The summed E-state index contributed by atoms with van der Waals surface area (Å²) in [6.45, 7) is 1.45. The third-order valence-corrected chi connectivity index (χ3v) is 4.80. The second-order valence-electron chi connectivity index (χ2n) is 6.52. The number of nitrogens with zero attached hydrogens (tertiary/aromatic N) is 2. The summed E-state index contributed by atoms with van der Waals surface area (Å²) in [5.41, 5.74) is 2.63. The maximum Gasteiger partial charge on any atom is 0.226 e. The summed E-state index contributed by atoms with van der Waals surface area (Å²) in [5.74, 6) is 1.40. The Morgan fingerprint density at radius 3 is 2.56 bits per heavy atom. The van der Waals surface area contributed by atoms with E-state index in [-0.39, 0.29) is 17.6 Å². The number of hydrogen-bond donors (Lipinski definition) is 1. The molecule has 2 heterocycles. The molecule has 0 unspecified atom stereocenters. The van der Waals surface area contributed by atoms with Crippen LogP contribution in [0.5, 0.6) is 5.75 Å². The fraction of sp³-hybridized carbons (Fsp3) is 0.300. The van der Waals surface area contributed by atoms with Gasteiger partial charge < -0.3 is 14.4 Å². The lowest BCUT2D eigenvalue weighted by Gasteiger charge is -2.30. The smallest absolute Gasteiger partial charge is 0.226 e. The van der Waals surface area contributed by atoms with Crippen molar-refractivity contribution in [1.29, 1.82) is 0 Å². The van der Waals surface area contributed by atoms with Crippen LogP contribution >= 0.6 is 0 Å². The van der Waals surface area contributed by atoms with Crippen LogP contribution < -0.4 is 0 Å². The Morgan fingerprint density at radius 2 is 1.84 bits per heavy atom. The molecule has 4 rings (SSSR count). The molecule has 1 amide bonds. The quantitative estimate of drug-likeness (QED) is 0.795. The van der Waals surface area contributed by atoms with Crippen molar-refractivity contribution in [2.45, 2.75) is 25.2 Å². The molecule has 1 saturated heterocycles. The molecule has 1 aliphatic heterocycles. The number of piperidine rings is 1. The van der Waals surface area contributed by atoms with Crippen molar-refractivity contribution in [2.24, 2.45) is 0 Å². The number of phenols is 1. The number of phenolic OH excluding ortho intramolecular Hbond substituents is 1. The van der Waals surface area contributed by atoms with Crippen LogP contribution in [0.25, 0.3) is 11.1 Å². The van der Waals surface area contributed by atoms with Gasteiger partial charge in [0.15, 0.2) is 11.5 Å². The third kappa shape index (κ3) is 3.36. The van der Waals surface area contributed by atoms with Crippen molar-refractivity contribution in [2.75, 3.05) is 13.1 Å². The number of para-hydroxylation sites is 2. The van der Waals surface area contributed by atoms with Crippen LogP contribution in [-0.4, -0.2) is 34.0 Å². The van der Waals surface area contributed by atoms with E-state index in [4.69, 9.17) is 4.42 Å². The standard InChI is InChI=1S/C20H20N2O3/c23-16-7-5-14(6-8-16)13-19(24)22-11-9-15(10-12-22)20-21-17-3-1-2-4-18(17)25-20/h1-8,15,23H,9-13H2. The molecule has 0 spiro atoms.